The summed E-state index contributed by atoms with van der Waals surface area (Å²) in [4.78, 5) is 24.5. The summed E-state index contributed by atoms with van der Waals surface area (Å²) < 4.78 is 0. The molecule has 0 unspecified atom stereocenters. The van der Waals surface area contributed by atoms with E-state index in [9.17, 15) is 9.59 Å². The molecule has 4 N–H and O–H groups in total. The fourth-order valence-electron chi connectivity index (χ4n) is 4.25. The van der Waals surface area contributed by atoms with Gasteiger partial charge in [0.05, 0.1) is 0 Å². The number of nitrogens with one attached hydrogen (secondary N) is 4. The maximum atomic E-state index is 12.2. The van der Waals surface area contributed by atoms with E-state index in [1.54, 1.807) is 0 Å². The van der Waals surface area contributed by atoms with Crippen molar-refractivity contribution in [2.75, 3.05) is 23.7 Å². The number of hydrogen-bond donors (Lipinski definition) is 4. The van der Waals surface area contributed by atoms with Crippen molar-refractivity contribution in [2.24, 2.45) is 11.8 Å². The van der Waals surface area contributed by atoms with Crippen LogP contribution in [0.25, 0.3) is 0 Å². The molecule has 1 aliphatic rings. The summed E-state index contributed by atoms with van der Waals surface area (Å²) in [6.45, 7) is 5.54. The molecule has 2 atom stereocenters. The van der Waals surface area contributed by atoms with Gasteiger partial charge in [0.25, 0.3) is 0 Å². The van der Waals surface area contributed by atoms with Crippen molar-refractivity contribution in [3.63, 3.8) is 0 Å². The molecular weight excluding hydrogens is 400 g/mol. The van der Waals surface area contributed by atoms with E-state index in [-0.39, 0.29) is 12.1 Å². The number of aryl methyl sites for hydroxylation is 2. The number of urea groups is 2. The zero-order chi connectivity index (χ0) is 22.8. The van der Waals surface area contributed by atoms with Crippen LogP contribution >= 0.6 is 0 Å². The zero-order valence-electron chi connectivity index (χ0n) is 19.2. The van der Waals surface area contributed by atoms with E-state index in [1.807, 2.05) is 48.5 Å². The molecule has 1 fully saturated rings. The van der Waals surface area contributed by atoms with Gasteiger partial charge in [0.2, 0.25) is 0 Å². The first-order valence-electron chi connectivity index (χ1n) is 11.8. The van der Waals surface area contributed by atoms with Crippen molar-refractivity contribution < 1.29 is 9.59 Å². The minimum atomic E-state index is -0.164. The molecule has 0 spiro atoms. The van der Waals surface area contributed by atoms with Crippen molar-refractivity contribution in [1.29, 1.82) is 0 Å². The molecule has 3 rings (SSSR count). The summed E-state index contributed by atoms with van der Waals surface area (Å²) in [6, 6.07) is 15.5. The first-order valence-corrected chi connectivity index (χ1v) is 11.8. The molecule has 0 heterocycles. The van der Waals surface area contributed by atoms with E-state index in [4.69, 9.17) is 0 Å². The minimum absolute atomic E-state index is 0.164. The molecular formula is C26H36N4O2. The van der Waals surface area contributed by atoms with Crippen LogP contribution in [0.5, 0.6) is 0 Å². The third-order valence-corrected chi connectivity index (χ3v) is 6.23. The largest absolute Gasteiger partial charge is 0.338 e. The molecule has 2 aromatic rings. The lowest BCUT2D eigenvalue weighted by Gasteiger charge is -2.29. The number of hydrogen-bond acceptors (Lipinski definition) is 2. The highest BCUT2D eigenvalue weighted by Crippen LogP contribution is 2.28. The van der Waals surface area contributed by atoms with Gasteiger partial charge in [0.15, 0.2) is 0 Å². The van der Waals surface area contributed by atoms with Crippen molar-refractivity contribution in [3.8, 4) is 0 Å². The summed E-state index contributed by atoms with van der Waals surface area (Å²) in [5.74, 6) is 0.877. The lowest BCUT2D eigenvalue weighted by Crippen LogP contribution is -2.38. The number of rotatable bonds is 8. The lowest BCUT2D eigenvalue weighted by atomic mass is 9.81. The van der Waals surface area contributed by atoms with Crippen molar-refractivity contribution in [2.45, 2.75) is 52.4 Å². The third kappa shape index (κ3) is 7.59. The Morgan fingerprint density at radius 1 is 0.719 bits per heavy atom. The fourth-order valence-corrected chi connectivity index (χ4v) is 4.25. The SMILES string of the molecule is CCc1ccc(NC(=O)NC[C@@H]2CCC[C@@H](CNC(=O)Nc3ccc(CC)cc3)C2)cc1. The number of carbonyl (C=O) groups excluding carboxylic acids is 2. The van der Waals surface area contributed by atoms with Gasteiger partial charge < -0.3 is 21.3 Å². The number of amides is 4. The predicted molar refractivity (Wildman–Crippen MR) is 131 cm³/mol. The molecule has 0 bridgehead atoms. The van der Waals surface area contributed by atoms with Gasteiger partial charge in [-0.05, 0) is 79.3 Å². The highest BCUT2D eigenvalue weighted by molar-refractivity contribution is 5.89. The van der Waals surface area contributed by atoms with Crippen LogP contribution in [0.2, 0.25) is 0 Å². The molecule has 32 heavy (non-hydrogen) atoms. The summed E-state index contributed by atoms with van der Waals surface area (Å²) in [5, 5.41) is 11.8. The van der Waals surface area contributed by atoms with Gasteiger partial charge in [0.1, 0.15) is 0 Å². The Morgan fingerprint density at radius 3 is 1.50 bits per heavy atom. The first kappa shape index (κ1) is 23.6. The summed E-state index contributed by atoms with van der Waals surface area (Å²) >= 11 is 0. The van der Waals surface area contributed by atoms with E-state index in [0.29, 0.717) is 24.9 Å². The van der Waals surface area contributed by atoms with E-state index in [1.165, 1.54) is 11.1 Å². The average Bonchev–Trinajstić information content (AvgIpc) is 2.83. The first-order chi connectivity index (χ1) is 15.6. The zero-order valence-corrected chi connectivity index (χ0v) is 19.2. The molecule has 6 nitrogen and oxygen atoms in total. The van der Waals surface area contributed by atoms with Crippen molar-refractivity contribution >= 4 is 23.4 Å². The average molecular weight is 437 g/mol. The fraction of sp³-hybridized carbons (Fsp3) is 0.462. The molecule has 0 aromatic heterocycles. The molecule has 2 aromatic carbocycles. The van der Waals surface area contributed by atoms with Crippen LogP contribution in [-0.2, 0) is 12.8 Å². The second kappa shape index (κ2) is 12.1. The molecule has 6 heteroatoms. The van der Waals surface area contributed by atoms with Crippen LogP contribution in [0.4, 0.5) is 21.0 Å². The van der Waals surface area contributed by atoms with E-state index >= 15 is 0 Å². The maximum Gasteiger partial charge on any atom is 0.319 e. The molecule has 0 aliphatic heterocycles. The Labute approximate surface area is 191 Å². The van der Waals surface area contributed by atoms with E-state index in [0.717, 1.165) is 49.9 Å². The number of anilines is 2. The van der Waals surface area contributed by atoms with Gasteiger partial charge in [-0.1, -0.05) is 44.5 Å². The van der Waals surface area contributed by atoms with Gasteiger partial charge >= 0.3 is 12.1 Å². The normalized spacial score (nSPS) is 17.9. The van der Waals surface area contributed by atoms with E-state index in [2.05, 4.69) is 35.1 Å². The Bertz CT molecular complexity index is 793. The molecule has 4 amide bonds. The van der Waals surface area contributed by atoms with Gasteiger partial charge in [-0.15, -0.1) is 0 Å². The Balaban J connectivity index is 1.35. The Kier molecular flexibility index (Phi) is 8.96. The van der Waals surface area contributed by atoms with Gasteiger partial charge in [0, 0.05) is 24.5 Å². The molecule has 0 saturated heterocycles. The van der Waals surface area contributed by atoms with Crippen LogP contribution in [-0.4, -0.2) is 25.2 Å². The van der Waals surface area contributed by atoms with Crippen LogP contribution in [0.1, 0.15) is 50.7 Å². The third-order valence-electron chi connectivity index (χ3n) is 6.23. The quantitative estimate of drug-likeness (QED) is 0.437. The van der Waals surface area contributed by atoms with Crippen molar-refractivity contribution in [1.82, 2.24) is 10.6 Å². The smallest absolute Gasteiger partial charge is 0.319 e. The summed E-state index contributed by atoms with van der Waals surface area (Å²) in [7, 11) is 0. The second-order valence-corrected chi connectivity index (χ2v) is 8.67. The van der Waals surface area contributed by atoms with Gasteiger partial charge in [-0.3, -0.25) is 0 Å². The highest BCUT2D eigenvalue weighted by atomic mass is 16.2. The summed E-state index contributed by atoms with van der Waals surface area (Å²) in [6.07, 6.45) is 6.32. The molecule has 172 valence electrons. The Hall–Kier alpha value is -3.02. The topological polar surface area (TPSA) is 82.3 Å². The van der Waals surface area contributed by atoms with Gasteiger partial charge in [-0.25, -0.2) is 9.59 Å². The highest BCUT2D eigenvalue weighted by Gasteiger charge is 2.23. The van der Waals surface area contributed by atoms with Crippen molar-refractivity contribution in [3.05, 3.63) is 59.7 Å². The minimum Gasteiger partial charge on any atom is -0.338 e. The molecule has 0 radical (unpaired) electrons. The predicted octanol–water partition coefficient (Wildman–Crippen LogP) is 5.56. The van der Waals surface area contributed by atoms with Crippen LogP contribution in [0, 0.1) is 11.8 Å². The number of benzene rings is 2. The lowest BCUT2D eigenvalue weighted by molar-refractivity contribution is 0.230. The van der Waals surface area contributed by atoms with Crippen LogP contribution < -0.4 is 21.3 Å². The monoisotopic (exact) mass is 436 g/mol. The summed E-state index contributed by atoms with van der Waals surface area (Å²) in [5.41, 5.74) is 4.11. The Morgan fingerprint density at radius 2 is 1.12 bits per heavy atom. The van der Waals surface area contributed by atoms with E-state index < -0.39 is 0 Å². The standard InChI is InChI=1S/C26H36N4O2/c1-3-19-8-12-23(13-9-19)29-25(31)27-17-21-6-5-7-22(16-21)18-28-26(32)30-24-14-10-20(4-2)11-15-24/h8-15,21-22H,3-7,16-18H2,1-2H3,(H2,27,29,31)(H2,28,30,32)/t21-,22-/m1/s1. The molecule has 1 aliphatic carbocycles. The van der Waals surface area contributed by atoms with Gasteiger partial charge in [-0.2, -0.15) is 0 Å². The van der Waals surface area contributed by atoms with Crippen LogP contribution in [0.15, 0.2) is 48.5 Å². The number of carbonyl (C=O) groups is 2. The van der Waals surface area contributed by atoms with Crippen LogP contribution in [0.3, 0.4) is 0 Å². The molecule has 1 saturated carbocycles. The second-order valence-electron chi connectivity index (χ2n) is 8.67. The maximum absolute atomic E-state index is 12.2.